The molecule has 0 N–H and O–H groups in total. The quantitative estimate of drug-likeness (QED) is 0.606. The van der Waals surface area contributed by atoms with Crippen LogP contribution in [0.5, 0.6) is 0 Å². The van der Waals surface area contributed by atoms with E-state index in [0.717, 1.165) is 5.96 Å². The standard InChI is InChI=1S/C11H17F2N5/c1-17(2)11(18(3)4)15-7-9-14-6-5-8(16-9)10(12)13/h5-6,10H,7H2,1-4H3. The molecule has 0 bridgehead atoms. The maximum absolute atomic E-state index is 12.5. The van der Waals surface area contributed by atoms with E-state index in [0.29, 0.717) is 0 Å². The fourth-order valence-corrected chi connectivity index (χ4v) is 1.44. The van der Waals surface area contributed by atoms with Crippen molar-refractivity contribution >= 4 is 5.96 Å². The number of alkyl halides is 2. The average Bonchev–Trinajstić information content (AvgIpc) is 2.28. The highest BCUT2D eigenvalue weighted by atomic mass is 19.3. The predicted octanol–water partition coefficient (Wildman–Crippen LogP) is 1.39. The van der Waals surface area contributed by atoms with Crippen molar-refractivity contribution in [3.8, 4) is 0 Å². The van der Waals surface area contributed by atoms with E-state index in [4.69, 9.17) is 0 Å². The lowest BCUT2D eigenvalue weighted by Crippen LogP contribution is -2.35. The third kappa shape index (κ3) is 3.90. The van der Waals surface area contributed by atoms with Gasteiger partial charge in [0.15, 0.2) is 5.96 Å². The van der Waals surface area contributed by atoms with Crippen molar-refractivity contribution in [1.82, 2.24) is 19.8 Å². The fourth-order valence-electron chi connectivity index (χ4n) is 1.44. The Morgan fingerprint density at radius 1 is 1.28 bits per heavy atom. The van der Waals surface area contributed by atoms with Gasteiger partial charge in [0.25, 0.3) is 6.43 Å². The van der Waals surface area contributed by atoms with Gasteiger partial charge in [-0.1, -0.05) is 0 Å². The van der Waals surface area contributed by atoms with E-state index in [9.17, 15) is 8.78 Å². The fraction of sp³-hybridized carbons (Fsp3) is 0.545. The number of guanidine groups is 1. The van der Waals surface area contributed by atoms with E-state index >= 15 is 0 Å². The zero-order valence-corrected chi connectivity index (χ0v) is 10.9. The van der Waals surface area contributed by atoms with Crippen LogP contribution in [-0.4, -0.2) is 53.9 Å². The van der Waals surface area contributed by atoms with E-state index < -0.39 is 6.43 Å². The minimum absolute atomic E-state index is 0.173. The molecule has 0 aromatic carbocycles. The molecule has 1 aromatic heterocycles. The summed E-state index contributed by atoms with van der Waals surface area (Å²) in [4.78, 5) is 15.6. The highest BCUT2D eigenvalue weighted by Crippen LogP contribution is 2.15. The van der Waals surface area contributed by atoms with Crippen LogP contribution in [0.15, 0.2) is 17.3 Å². The third-order valence-electron chi connectivity index (χ3n) is 2.11. The van der Waals surface area contributed by atoms with Gasteiger partial charge in [0.05, 0.1) is 0 Å². The molecule has 0 aliphatic rings. The van der Waals surface area contributed by atoms with E-state index in [1.165, 1.54) is 12.3 Å². The van der Waals surface area contributed by atoms with Gasteiger partial charge in [0, 0.05) is 34.4 Å². The molecule has 5 nitrogen and oxygen atoms in total. The lowest BCUT2D eigenvalue weighted by Gasteiger charge is -2.22. The molecule has 0 amide bonds. The van der Waals surface area contributed by atoms with Crippen LogP contribution in [0.4, 0.5) is 8.78 Å². The van der Waals surface area contributed by atoms with Crippen LogP contribution in [0.3, 0.4) is 0 Å². The van der Waals surface area contributed by atoms with Crippen molar-refractivity contribution in [2.75, 3.05) is 28.2 Å². The molecule has 0 saturated heterocycles. The third-order valence-corrected chi connectivity index (χ3v) is 2.11. The first-order valence-electron chi connectivity index (χ1n) is 5.41. The monoisotopic (exact) mass is 257 g/mol. The van der Waals surface area contributed by atoms with E-state index in [2.05, 4.69) is 15.0 Å². The van der Waals surface area contributed by atoms with E-state index in [1.54, 1.807) is 0 Å². The van der Waals surface area contributed by atoms with Crippen molar-refractivity contribution in [2.45, 2.75) is 13.0 Å². The maximum Gasteiger partial charge on any atom is 0.280 e. The molecule has 0 aliphatic heterocycles. The Kier molecular flexibility index (Phi) is 4.94. The van der Waals surface area contributed by atoms with Gasteiger partial charge in [-0.25, -0.2) is 23.7 Å². The van der Waals surface area contributed by atoms with Crippen LogP contribution in [-0.2, 0) is 6.54 Å². The summed E-state index contributed by atoms with van der Waals surface area (Å²) in [5, 5.41) is 0. The molecular weight excluding hydrogens is 240 g/mol. The van der Waals surface area contributed by atoms with Gasteiger partial charge in [0.1, 0.15) is 18.1 Å². The molecule has 18 heavy (non-hydrogen) atoms. The molecule has 0 unspecified atom stereocenters. The molecule has 1 rings (SSSR count). The highest BCUT2D eigenvalue weighted by molar-refractivity contribution is 5.79. The molecule has 0 radical (unpaired) electrons. The predicted molar refractivity (Wildman–Crippen MR) is 65.5 cm³/mol. The van der Waals surface area contributed by atoms with Crippen molar-refractivity contribution in [3.63, 3.8) is 0 Å². The molecule has 7 heteroatoms. The number of halogens is 2. The van der Waals surface area contributed by atoms with Crippen LogP contribution < -0.4 is 0 Å². The van der Waals surface area contributed by atoms with Crippen LogP contribution in [0.1, 0.15) is 17.9 Å². The Labute approximate surface area is 105 Å². The van der Waals surface area contributed by atoms with Crippen LogP contribution in [0, 0.1) is 0 Å². The normalized spacial score (nSPS) is 10.4. The Bertz CT molecular complexity index is 408. The average molecular weight is 257 g/mol. The Hall–Kier alpha value is -1.79. The molecule has 0 fully saturated rings. The van der Waals surface area contributed by atoms with Gasteiger partial charge in [-0.2, -0.15) is 0 Å². The maximum atomic E-state index is 12.5. The summed E-state index contributed by atoms with van der Waals surface area (Å²) in [5.74, 6) is 1.01. The summed E-state index contributed by atoms with van der Waals surface area (Å²) < 4.78 is 24.9. The Morgan fingerprint density at radius 3 is 2.39 bits per heavy atom. The second-order valence-corrected chi connectivity index (χ2v) is 4.10. The van der Waals surface area contributed by atoms with Gasteiger partial charge in [0.2, 0.25) is 0 Å². The minimum Gasteiger partial charge on any atom is -0.349 e. The van der Waals surface area contributed by atoms with Crippen LogP contribution >= 0.6 is 0 Å². The topological polar surface area (TPSA) is 44.6 Å². The van der Waals surface area contributed by atoms with E-state index in [-0.39, 0.29) is 18.1 Å². The van der Waals surface area contributed by atoms with Gasteiger partial charge in [-0.3, -0.25) is 0 Å². The summed E-state index contributed by atoms with van der Waals surface area (Å²) in [7, 11) is 7.43. The number of aliphatic imine (C=N–C) groups is 1. The van der Waals surface area contributed by atoms with Crippen LogP contribution in [0.2, 0.25) is 0 Å². The van der Waals surface area contributed by atoms with Gasteiger partial charge < -0.3 is 9.80 Å². The zero-order chi connectivity index (χ0) is 13.7. The largest absolute Gasteiger partial charge is 0.349 e. The smallest absolute Gasteiger partial charge is 0.280 e. The van der Waals surface area contributed by atoms with Gasteiger partial charge >= 0.3 is 0 Å². The first kappa shape index (κ1) is 14.3. The zero-order valence-electron chi connectivity index (χ0n) is 10.9. The first-order valence-corrected chi connectivity index (χ1v) is 5.41. The Morgan fingerprint density at radius 2 is 1.89 bits per heavy atom. The SMILES string of the molecule is CN(C)C(=NCc1nccc(C(F)F)n1)N(C)C. The molecule has 1 aromatic rings. The Balaban J connectivity index is 2.84. The van der Waals surface area contributed by atoms with Gasteiger partial charge in [-0.15, -0.1) is 0 Å². The summed E-state index contributed by atoms with van der Waals surface area (Å²) in [6, 6.07) is 1.21. The molecule has 0 aliphatic carbocycles. The summed E-state index contributed by atoms with van der Waals surface area (Å²) in [6.45, 7) is 0.173. The molecule has 100 valence electrons. The number of rotatable bonds is 3. The summed E-state index contributed by atoms with van der Waals surface area (Å²) >= 11 is 0. The van der Waals surface area contributed by atoms with E-state index in [1.807, 2.05) is 38.0 Å². The molecule has 1 heterocycles. The molecule has 0 spiro atoms. The number of hydrogen-bond acceptors (Lipinski definition) is 3. The van der Waals surface area contributed by atoms with Crippen molar-refractivity contribution < 1.29 is 8.78 Å². The summed E-state index contributed by atoms with van der Waals surface area (Å²) in [6.07, 6.45) is -1.26. The van der Waals surface area contributed by atoms with Crippen molar-refractivity contribution in [2.24, 2.45) is 4.99 Å². The molecule has 0 saturated carbocycles. The highest BCUT2D eigenvalue weighted by Gasteiger charge is 2.10. The number of aromatic nitrogens is 2. The minimum atomic E-state index is -2.59. The molecular formula is C11H17F2N5. The molecule has 0 atom stereocenters. The lowest BCUT2D eigenvalue weighted by molar-refractivity contribution is 0.145. The lowest BCUT2D eigenvalue weighted by atomic mass is 10.4. The summed E-state index contributed by atoms with van der Waals surface area (Å²) in [5.41, 5.74) is -0.272. The van der Waals surface area contributed by atoms with Gasteiger partial charge in [-0.05, 0) is 6.07 Å². The second kappa shape index (κ2) is 6.23. The number of nitrogens with zero attached hydrogens (tertiary/aromatic N) is 5. The van der Waals surface area contributed by atoms with Crippen molar-refractivity contribution in [3.05, 3.63) is 23.8 Å². The van der Waals surface area contributed by atoms with Crippen LogP contribution in [0.25, 0.3) is 0 Å². The van der Waals surface area contributed by atoms with Crippen molar-refractivity contribution in [1.29, 1.82) is 0 Å². The second-order valence-electron chi connectivity index (χ2n) is 4.10. The number of hydrogen-bond donors (Lipinski definition) is 0. The first-order chi connectivity index (χ1) is 8.41.